The van der Waals surface area contributed by atoms with Gasteiger partial charge in [0, 0.05) is 42.7 Å². The first-order valence-electron chi connectivity index (χ1n) is 13.3. The number of methoxy groups -OCH3 is 1. The molecular formula is C32H33BrO7. The predicted molar refractivity (Wildman–Crippen MR) is 152 cm³/mol. The third kappa shape index (κ3) is 5.33. The van der Waals surface area contributed by atoms with Crippen molar-refractivity contribution in [3.05, 3.63) is 80.2 Å². The van der Waals surface area contributed by atoms with Gasteiger partial charge in [-0.25, -0.2) is 4.79 Å². The normalized spacial score (nSPS) is 20.1. The summed E-state index contributed by atoms with van der Waals surface area (Å²) in [6.07, 6.45) is 2.01. The number of halogens is 1. The Balaban J connectivity index is 1.55. The van der Waals surface area contributed by atoms with Crippen molar-refractivity contribution in [2.75, 3.05) is 7.11 Å². The minimum absolute atomic E-state index is 0.000609. The molecule has 1 N–H and O–H groups in total. The van der Waals surface area contributed by atoms with E-state index in [4.69, 9.17) is 19.3 Å². The zero-order chi connectivity index (χ0) is 29.0. The summed E-state index contributed by atoms with van der Waals surface area (Å²) in [5.41, 5.74) is 2.41. The quantitative estimate of drug-likeness (QED) is 0.372. The summed E-state index contributed by atoms with van der Waals surface area (Å²) in [5, 5.41) is 9.14. The Morgan fingerprint density at radius 1 is 0.950 bits per heavy atom. The second-order valence-electron chi connectivity index (χ2n) is 12.4. The number of Topliss-reactive ketones (excluding diaryl/α,β-unsaturated/α-hetero) is 2. The van der Waals surface area contributed by atoms with Crippen LogP contribution in [0.2, 0.25) is 0 Å². The maximum Gasteiger partial charge on any atom is 0.335 e. The molecule has 0 radical (unpaired) electrons. The molecule has 8 heteroatoms. The fourth-order valence-electron chi connectivity index (χ4n) is 5.95. The van der Waals surface area contributed by atoms with Crippen LogP contribution in [0, 0.1) is 10.8 Å². The number of carbonyl (C=O) groups excluding carboxylic acids is 2. The van der Waals surface area contributed by atoms with Crippen molar-refractivity contribution in [2.24, 2.45) is 10.8 Å². The maximum absolute atomic E-state index is 13.6. The van der Waals surface area contributed by atoms with Gasteiger partial charge in [0.1, 0.15) is 18.1 Å². The van der Waals surface area contributed by atoms with Crippen LogP contribution in [-0.4, -0.2) is 29.8 Å². The molecule has 0 unspecified atom stereocenters. The van der Waals surface area contributed by atoms with Crippen LogP contribution in [0.4, 0.5) is 0 Å². The predicted octanol–water partition coefficient (Wildman–Crippen LogP) is 7.14. The summed E-state index contributed by atoms with van der Waals surface area (Å²) < 4.78 is 18.8. The van der Waals surface area contributed by atoms with Gasteiger partial charge in [-0.05, 0) is 62.2 Å². The van der Waals surface area contributed by atoms with Crippen molar-refractivity contribution in [1.82, 2.24) is 0 Å². The lowest BCUT2D eigenvalue weighted by Gasteiger charge is -2.42. The van der Waals surface area contributed by atoms with Crippen molar-refractivity contribution >= 4 is 33.5 Å². The number of ether oxygens (including phenoxy) is 3. The zero-order valence-corrected chi connectivity index (χ0v) is 24.9. The van der Waals surface area contributed by atoms with Gasteiger partial charge >= 0.3 is 5.97 Å². The second kappa shape index (κ2) is 10.2. The number of carbonyl (C=O) groups is 3. The number of allylic oxidation sites excluding steroid dienone is 4. The Kier molecular flexibility index (Phi) is 7.19. The number of aromatic carboxylic acids is 1. The molecule has 2 aliphatic carbocycles. The van der Waals surface area contributed by atoms with E-state index in [2.05, 4.69) is 43.6 Å². The van der Waals surface area contributed by atoms with Gasteiger partial charge in [0.05, 0.1) is 17.1 Å². The van der Waals surface area contributed by atoms with Gasteiger partial charge < -0.3 is 19.3 Å². The van der Waals surface area contributed by atoms with Gasteiger partial charge in [-0.15, -0.1) is 0 Å². The van der Waals surface area contributed by atoms with Gasteiger partial charge in [0.2, 0.25) is 0 Å². The van der Waals surface area contributed by atoms with Crippen molar-refractivity contribution in [2.45, 2.75) is 65.9 Å². The van der Waals surface area contributed by atoms with E-state index in [-0.39, 0.29) is 34.6 Å². The van der Waals surface area contributed by atoms with Gasteiger partial charge in [0.15, 0.2) is 23.1 Å². The summed E-state index contributed by atoms with van der Waals surface area (Å²) in [4.78, 5) is 38.3. The van der Waals surface area contributed by atoms with Crippen LogP contribution in [0.5, 0.6) is 11.5 Å². The van der Waals surface area contributed by atoms with Crippen molar-refractivity contribution in [3.63, 3.8) is 0 Å². The van der Waals surface area contributed by atoms with E-state index in [9.17, 15) is 14.4 Å². The highest BCUT2D eigenvalue weighted by molar-refractivity contribution is 9.10. The average molecular weight is 610 g/mol. The van der Waals surface area contributed by atoms with Crippen molar-refractivity contribution in [1.29, 1.82) is 0 Å². The number of ketones is 2. The van der Waals surface area contributed by atoms with Gasteiger partial charge in [0.25, 0.3) is 0 Å². The van der Waals surface area contributed by atoms with E-state index in [1.807, 2.05) is 12.1 Å². The highest BCUT2D eigenvalue weighted by Gasteiger charge is 2.48. The van der Waals surface area contributed by atoms with E-state index >= 15 is 0 Å². The molecule has 0 atom stereocenters. The standard InChI is InChI=1S/C32H33BrO7/c1-31(2)12-21(34)27-24(14-31)40-25-15-32(3,4)13-22(35)28(25)26(27)19-10-20(33)29(23(11-19)38-5)39-16-17-6-8-18(9-7-17)30(36)37/h6-11,26H,12-16H2,1-5H3,(H,36,37). The molecule has 0 spiro atoms. The third-order valence-corrected chi connectivity index (χ3v) is 8.34. The SMILES string of the molecule is COc1cc(C2C3=C(CC(C)(C)CC3=O)OC3=C2C(=O)CC(C)(C)C3)cc(Br)c1OCc1ccc(C(=O)O)cc1. The van der Waals surface area contributed by atoms with E-state index < -0.39 is 11.9 Å². The molecule has 0 saturated heterocycles. The Morgan fingerprint density at radius 2 is 1.50 bits per heavy atom. The summed E-state index contributed by atoms with van der Waals surface area (Å²) in [7, 11) is 1.54. The Hall–Kier alpha value is -3.39. The second-order valence-corrected chi connectivity index (χ2v) is 13.3. The van der Waals surface area contributed by atoms with Crippen LogP contribution in [0.15, 0.2) is 63.5 Å². The first-order valence-corrected chi connectivity index (χ1v) is 14.1. The molecule has 7 nitrogen and oxygen atoms in total. The number of carboxylic acids is 1. The summed E-state index contributed by atoms with van der Waals surface area (Å²) >= 11 is 3.64. The van der Waals surface area contributed by atoms with Gasteiger partial charge in [-0.2, -0.15) is 0 Å². The van der Waals surface area contributed by atoms with Gasteiger partial charge in [-0.3, -0.25) is 9.59 Å². The molecule has 0 bridgehead atoms. The molecule has 210 valence electrons. The van der Waals surface area contributed by atoms with E-state index in [1.54, 1.807) is 19.2 Å². The Labute approximate surface area is 242 Å². The minimum Gasteiger partial charge on any atom is -0.493 e. The fraction of sp³-hybridized carbons (Fsp3) is 0.406. The highest BCUT2D eigenvalue weighted by Crippen LogP contribution is 2.54. The van der Waals surface area contributed by atoms with Crippen LogP contribution in [-0.2, 0) is 20.9 Å². The molecule has 2 aromatic rings. The lowest BCUT2D eigenvalue weighted by atomic mass is 9.65. The first-order chi connectivity index (χ1) is 18.8. The largest absolute Gasteiger partial charge is 0.493 e. The molecule has 0 saturated carbocycles. The van der Waals surface area contributed by atoms with Crippen LogP contribution in [0.3, 0.4) is 0 Å². The number of hydrogen-bond donors (Lipinski definition) is 1. The van der Waals surface area contributed by atoms with Crippen LogP contribution in [0.1, 0.15) is 80.8 Å². The van der Waals surface area contributed by atoms with E-state index in [0.29, 0.717) is 64.3 Å². The molecule has 0 amide bonds. The zero-order valence-electron chi connectivity index (χ0n) is 23.4. The van der Waals surface area contributed by atoms with Crippen LogP contribution in [0.25, 0.3) is 0 Å². The highest BCUT2D eigenvalue weighted by atomic mass is 79.9. The van der Waals surface area contributed by atoms with Crippen molar-refractivity contribution < 1.29 is 33.7 Å². The van der Waals surface area contributed by atoms with E-state index in [1.165, 1.54) is 12.1 Å². The van der Waals surface area contributed by atoms with Gasteiger partial charge in [-0.1, -0.05) is 39.8 Å². The lowest BCUT2D eigenvalue weighted by molar-refractivity contribution is -0.120. The molecule has 2 aromatic carbocycles. The molecule has 5 rings (SSSR count). The molecule has 0 fully saturated rings. The number of rotatable bonds is 6. The maximum atomic E-state index is 13.6. The Bertz CT molecular complexity index is 1430. The molecular weight excluding hydrogens is 576 g/mol. The number of hydrogen-bond acceptors (Lipinski definition) is 6. The molecule has 40 heavy (non-hydrogen) atoms. The molecule has 1 heterocycles. The third-order valence-electron chi connectivity index (χ3n) is 7.75. The Morgan fingerprint density at radius 3 is 2.00 bits per heavy atom. The number of carboxylic acid groups (broad SMARTS) is 1. The van der Waals surface area contributed by atoms with E-state index in [0.717, 1.165) is 11.1 Å². The topological polar surface area (TPSA) is 99.1 Å². The van der Waals surface area contributed by atoms with Crippen molar-refractivity contribution in [3.8, 4) is 11.5 Å². The number of benzene rings is 2. The summed E-state index contributed by atoms with van der Waals surface area (Å²) in [5.74, 6) is 0.712. The minimum atomic E-state index is -0.989. The molecule has 0 aromatic heterocycles. The average Bonchev–Trinajstić information content (AvgIpc) is 2.85. The fourth-order valence-corrected chi connectivity index (χ4v) is 6.53. The monoisotopic (exact) mass is 608 g/mol. The molecule has 3 aliphatic rings. The van der Waals surface area contributed by atoms with Crippen LogP contribution < -0.4 is 9.47 Å². The summed E-state index contributed by atoms with van der Waals surface area (Å²) in [6, 6.07) is 10.2. The summed E-state index contributed by atoms with van der Waals surface area (Å²) in [6.45, 7) is 8.45. The molecule has 1 aliphatic heterocycles. The first kappa shape index (κ1) is 28.1. The smallest absolute Gasteiger partial charge is 0.335 e. The lowest BCUT2D eigenvalue weighted by Crippen LogP contribution is -2.37. The van der Waals surface area contributed by atoms with Crippen LogP contribution >= 0.6 is 15.9 Å².